The van der Waals surface area contributed by atoms with Crippen LogP contribution in [-0.2, 0) is 9.59 Å². The van der Waals surface area contributed by atoms with Gasteiger partial charge in [-0.25, -0.2) is 0 Å². The minimum Gasteiger partial charge on any atom is -0.366 e. The van der Waals surface area contributed by atoms with Gasteiger partial charge in [0.25, 0.3) is 0 Å². The van der Waals surface area contributed by atoms with Gasteiger partial charge in [0.1, 0.15) is 0 Å². The van der Waals surface area contributed by atoms with Crippen molar-refractivity contribution in [2.24, 2.45) is 17.2 Å². The molecule has 0 aliphatic carbocycles. The Morgan fingerprint density at radius 3 is 1.75 bits per heavy atom. The lowest BCUT2D eigenvalue weighted by Gasteiger charge is -1.85. The number of carbonyl (C=O) groups excluding carboxylic acids is 2. The molecule has 0 aromatic rings. The molecule has 0 aliphatic heterocycles. The molecular formula is C10H20N4O2. The highest BCUT2D eigenvalue weighted by Gasteiger charge is 1.81. The van der Waals surface area contributed by atoms with E-state index in [1.807, 2.05) is 7.05 Å². The van der Waals surface area contributed by atoms with Gasteiger partial charge in [-0.15, -0.1) is 0 Å². The van der Waals surface area contributed by atoms with Crippen molar-refractivity contribution < 1.29 is 9.59 Å². The molecule has 2 amide bonds. The summed E-state index contributed by atoms with van der Waals surface area (Å²) < 4.78 is 0. The van der Waals surface area contributed by atoms with Crippen molar-refractivity contribution in [1.29, 1.82) is 0 Å². The van der Waals surface area contributed by atoms with Gasteiger partial charge in [-0.1, -0.05) is 12.2 Å². The molecule has 16 heavy (non-hydrogen) atoms. The smallest absolute Gasteiger partial charge is 0.241 e. The molecule has 0 atom stereocenters. The molecule has 0 aromatic heterocycles. The van der Waals surface area contributed by atoms with Crippen molar-refractivity contribution >= 4 is 11.8 Å². The molecule has 0 radical (unpaired) electrons. The summed E-state index contributed by atoms with van der Waals surface area (Å²) in [7, 11) is 1.88. The lowest BCUT2D eigenvalue weighted by atomic mass is 10.3. The Kier molecular flexibility index (Phi) is 14.0. The van der Waals surface area contributed by atoms with Crippen molar-refractivity contribution in [2.45, 2.75) is 6.42 Å². The Hall–Kier alpha value is -1.66. The summed E-state index contributed by atoms with van der Waals surface area (Å²) in [4.78, 5) is 20.2. The summed E-state index contributed by atoms with van der Waals surface area (Å²) in [5, 5.41) is 2.89. The Morgan fingerprint density at radius 2 is 1.56 bits per heavy atom. The maximum Gasteiger partial charge on any atom is 0.241 e. The first-order valence-electron chi connectivity index (χ1n) is 4.81. The van der Waals surface area contributed by atoms with Crippen LogP contribution in [-0.4, -0.2) is 32.0 Å². The Balaban J connectivity index is 0. The zero-order valence-corrected chi connectivity index (χ0v) is 9.48. The van der Waals surface area contributed by atoms with Crippen molar-refractivity contribution in [2.75, 3.05) is 20.1 Å². The van der Waals surface area contributed by atoms with Gasteiger partial charge in [-0.05, 0) is 25.6 Å². The Bertz CT molecular complexity index is 225. The normalized spacial score (nSPS) is 10.1. The van der Waals surface area contributed by atoms with Gasteiger partial charge in [0.15, 0.2) is 0 Å². The summed E-state index contributed by atoms with van der Waals surface area (Å²) in [6, 6.07) is 0. The molecule has 92 valence electrons. The average molecular weight is 228 g/mol. The van der Waals surface area contributed by atoms with Crippen molar-refractivity contribution in [3.8, 4) is 0 Å². The maximum absolute atomic E-state index is 10.1. The van der Waals surface area contributed by atoms with Gasteiger partial charge in [0.2, 0.25) is 11.8 Å². The van der Waals surface area contributed by atoms with Crippen LogP contribution in [0.25, 0.3) is 0 Å². The molecule has 0 aliphatic rings. The van der Waals surface area contributed by atoms with E-state index in [-0.39, 0.29) is 0 Å². The minimum atomic E-state index is -0.502. The zero-order chi connectivity index (χ0) is 12.8. The third-order valence-corrected chi connectivity index (χ3v) is 1.23. The highest BCUT2D eigenvalue weighted by Crippen LogP contribution is 1.84. The third kappa shape index (κ3) is 22.8. The van der Waals surface area contributed by atoms with E-state index in [1.54, 1.807) is 12.2 Å². The van der Waals surface area contributed by atoms with E-state index in [0.29, 0.717) is 6.42 Å². The molecule has 0 fully saturated rings. The molecule has 0 aromatic carbocycles. The minimum absolute atomic E-state index is 0.478. The highest BCUT2D eigenvalue weighted by atomic mass is 16.1. The van der Waals surface area contributed by atoms with Gasteiger partial charge in [0, 0.05) is 13.1 Å². The van der Waals surface area contributed by atoms with Crippen molar-refractivity contribution in [1.82, 2.24) is 5.32 Å². The summed E-state index contributed by atoms with van der Waals surface area (Å²) >= 11 is 0. The van der Waals surface area contributed by atoms with E-state index < -0.39 is 11.8 Å². The SMILES string of the molecule is CNCCN.NC(=O)C=CCC=CC(N)=O. The predicted octanol–water partition coefficient (Wildman–Crippen LogP) is -1.38. The molecule has 0 spiro atoms. The number of carbonyl (C=O) groups is 2. The second-order valence-corrected chi connectivity index (χ2v) is 2.74. The van der Waals surface area contributed by atoms with Crippen LogP contribution in [0, 0.1) is 0 Å². The average Bonchev–Trinajstić information content (AvgIpc) is 2.18. The quantitative estimate of drug-likeness (QED) is 0.418. The van der Waals surface area contributed by atoms with Gasteiger partial charge >= 0.3 is 0 Å². The molecule has 0 saturated carbocycles. The summed E-state index contributed by atoms with van der Waals surface area (Å²) in [6.45, 7) is 1.65. The van der Waals surface area contributed by atoms with E-state index in [0.717, 1.165) is 13.1 Å². The molecule has 6 heteroatoms. The second-order valence-electron chi connectivity index (χ2n) is 2.74. The molecule has 0 bridgehead atoms. The van der Waals surface area contributed by atoms with Crippen LogP contribution < -0.4 is 22.5 Å². The Labute approximate surface area is 95.5 Å². The molecule has 0 rings (SSSR count). The van der Waals surface area contributed by atoms with Crippen LogP contribution in [0.15, 0.2) is 24.3 Å². The topological polar surface area (TPSA) is 124 Å². The molecule has 7 N–H and O–H groups in total. The lowest BCUT2D eigenvalue weighted by Crippen LogP contribution is -2.17. The van der Waals surface area contributed by atoms with Gasteiger partial charge < -0.3 is 22.5 Å². The van der Waals surface area contributed by atoms with E-state index in [1.165, 1.54) is 12.2 Å². The standard InChI is InChI=1S/C7H10N2O2.C3H10N2/c8-6(10)4-2-1-3-5-7(9)11;1-5-3-2-4/h2-5H,1H2,(H2,8,10)(H2,9,11);5H,2-4H2,1H3. The van der Waals surface area contributed by atoms with E-state index in [4.69, 9.17) is 17.2 Å². The van der Waals surface area contributed by atoms with E-state index in [9.17, 15) is 9.59 Å². The fraction of sp³-hybridized carbons (Fsp3) is 0.400. The number of amides is 2. The highest BCUT2D eigenvalue weighted by molar-refractivity contribution is 5.86. The number of hydrogen-bond acceptors (Lipinski definition) is 4. The van der Waals surface area contributed by atoms with E-state index in [2.05, 4.69) is 5.32 Å². The largest absolute Gasteiger partial charge is 0.366 e. The third-order valence-electron chi connectivity index (χ3n) is 1.23. The van der Waals surface area contributed by atoms with Crippen LogP contribution in [0.3, 0.4) is 0 Å². The molecule has 6 nitrogen and oxygen atoms in total. The van der Waals surface area contributed by atoms with Crippen LogP contribution in [0.4, 0.5) is 0 Å². The lowest BCUT2D eigenvalue weighted by molar-refractivity contribution is -0.114. The predicted molar refractivity (Wildman–Crippen MR) is 64.3 cm³/mol. The van der Waals surface area contributed by atoms with Gasteiger partial charge in [-0.3, -0.25) is 9.59 Å². The van der Waals surface area contributed by atoms with Gasteiger partial charge in [0.05, 0.1) is 0 Å². The number of hydrogen-bond donors (Lipinski definition) is 4. The van der Waals surface area contributed by atoms with Crippen LogP contribution >= 0.6 is 0 Å². The fourth-order valence-electron chi connectivity index (χ4n) is 0.591. The van der Waals surface area contributed by atoms with Crippen LogP contribution in [0.2, 0.25) is 0 Å². The van der Waals surface area contributed by atoms with E-state index >= 15 is 0 Å². The summed E-state index contributed by atoms with van der Waals surface area (Å²) in [5.74, 6) is -1.00. The summed E-state index contributed by atoms with van der Waals surface area (Å²) in [5.41, 5.74) is 14.7. The van der Waals surface area contributed by atoms with Gasteiger partial charge in [-0.2, -0.15) is 0 Å². The number of rotatable bonds is 6. The van der Waals surface area contributed by atoms with Crippen LogP contribution in [0.1, 0.15) is 6.42 Å². The second kappa shape index (κ2) is 13.3. The number of nitrogens with two attached hydrogens (primary N) is 3. The zero-order valence-electron chi connectivity index (χ0n) is 9.48. The Morgan fingerprint density at radius 1 is 1.12 bits per heavy atom. The van der Waals surface area contributed by atoms with Crippen molar-refractivity contribution in [3.05, 3.63) is 24.3 Å². The molecule has 0 unspecified atom stereocenters. The molecule has 0 saturated heterocycles. The first-order chi connectivity index (χ1) is 7.54. The maximum atomic E-state index is 10.1. The number of nitrogens with one attached hydrogen (secondary N) is 1. The number of allylic oxidation sites excluding steroid dienone is 2. The first kappa shape index (κ1) is 16.8. The first-order valence-corrected chi connectivity index (χ1v) is 4.81. The molecular weight excluding hydrogens is 208 g/mol. The monoisotopic (exact) mass is 228 g/mol. The van der Waals surface area contributed by atoms with Crippen molar-refractivity contribution in [3.63, 3.8) is 0 Å². The number of likely N-dealkylation sites (N-methyl/N-ethyl adjacent to an activating group) is 1. The van der Waals surface area contributed by atoms with Crippen LogP contribution in [0.5, 0.6) is 0 Å². The molecule has 0 heterocycles. The summed E-state index contributed by atoms with van der Waals surface area (Å²) in [6.07, 6.45) is 6.02. The fourth-order valence-corrected chi connectivity index (χ4v) is 0.591. The number of primary amides is 2.